The first-order valence-corrected chi connectivity index (χ1v) is 14.9. The zero-order valence-corrected chi connectivity index (χ0v) is 23.9. The van der Waals surface area contributed by atoms with Crippen LogP contribution in [0.3, 0.4) is 0 Å². The number of hydrogen-bond acceptors (Lipinski definition) is 6. The number of nitrogens with zero attached hydrogens (tertiary/aromatic N) is 5. The summed E-state index contributed by atoms with van der Waals surface area (Å²) in [6, 6.07) is 40.5. The molecule has 1 fully saturated rings. The second kappa shape index (κ2) is 10.6. The number of hydrogen-bond donors (Lipinski definition) is 0. The molecule has 1 aliphatic heterocycles. The van der Waals surface area contributed by atoms with Crippen LogP contribution in [0.15, 0.2) is 115 Å². The minimum absolute atomic E-state index is 0.174. The zero-order valence-electron chi connectivity index (χ0n) is 23.9. The minimum Gasteiger partial charge on any atom is -0.455 e. The quantitative estimate of drug-likeness (QED) is 0.211. The molecule has 210 valence electrons. The van der Waals surface area contributed by atoms with Crippen molar-refractivity contribution in [3.05, 3.63) is 132 Å². The Morgan fingerprint density at radius 2 is 1.20 bits per heavy atom. The Hall–Kier alpha value is -5.67. The van der Waals surface area contributed by atoms with Crippen LogP contribution in [-0.4, -0.2) is 19.9 Å². The highest BCUT2D eigenvalue weighted by atomic mass is 16.5. The summed E-state index contributed by atoms with van der Waals surface area (Å²) in [4.78, 5) is 19.6. The second-order valence-electron chi connectivity index (χ2n) is 11.3. The van der Waals surface area contributed by atoms with Gasteiger partial charge in [-0.1, -0.05) is 91.7 Å². The van der Waals surface area contributed by atoms with E-state index in [-0.39, 0.29) is 5.41 Å². The number of nitriles is 1. The number of aromatic nitrogens is 4. The Morgan fingerprint density at radius 1 is 0.568 bits per heavy atom. The SMILES string of the molecule is N#Cc1cccc2c1Oc1ccc(-c3cccc(-c4nc(-c5ccccc5)nc(-c5ccccc5)n4)n3)cc1C21CCCC1. The van der Waals surface area contributed by atoms with E-state index in [0.29, 0.717) is 34.5 Å². The molecule has 6 heteroatoms. The third kappa shape index (κ3) is 4.33. The van der Waals surface area contributed by atoms with E-state index in [9.17, 15) is 5.26 Å². The Kier molecular flexibility index (Phi) is 6.23. The van der Waals surface area contributed by atoms with Crippen molar-refractivity contribution in [2.24, 2.45) is 0 Å². The van der Waals surface area contributed by atoms with Crippen LogP contribution in [0.5, 0.6) is 11.5 Å². The van der Waals surface area contributed by atoms with E-state index in [2.05, 4.69) is 18.2 Å². The summed E-state index contributed by atoms with van der Waals surface area (Å²) in [5.41, 5.74) is 7.04. The molecular formula is C38H27N5O. The lowest BCUT2D eigenvalue weighted by Gasteiger charge is -2.38. The molecule has 0 amide bonds. The summed E-state index contributed by atoms with van der Waals surface area (Å²) < 4.78 is 6.41. The fourth-order valence-corrected chi connectivity index (χ4v) is 6.68. The molecular weight excluding hydrogens is 542 g/mol. The van der Waals surface area contributed by atoms with Crippen LogP contribution in [0.25, 0.3) is 45.6 Å². The minimum atomic E-state index is -0.174. The lowest BCUT2D eigenvalue weighted by Crippen LogP contribution is -2.28. The van der Waals surface area contributed by atoms with Crippen molar-refractivity contribution in [2.75, 3.05) is 0 Å². The van der Waals surface area contributed by atoms with Gasteiger partial charge in [0.2, 0.25) is 0 Å². The first-order chi connectivity index (χ1) is 21.7. The molecule has 0 N–H and O–H groups in total. The molecule has 8 rings (SSSR count). The third-order valence-electron chi connectivity index (χ3n) is 8.79. The van der Waals surface area contributed by atoms with Gasteiger partial charge in [-0.2, -0.15) is 5.26 Å². The molecule has 4 aromatic carbocycles. The third-order valence-corrected chi connectivity index (χ3v) is 8.79. The van der Waals surface area contributed by atoms with E-state index in [1.165, 1.54) is 5.56 Å². The van der Waals surface area contributed by atoms with Crippen molar-refractivity contribution in [3.8, 4) is 63.1 Å². The number of ether oxygens (including phenoxy) is 1. The molecule has 1 spiro atoms. The van der Waals surface area contributed by atoms with Gasteiger partial charge in [0.05, 0.1) is 11.3 Å². The maximum atomic E-state index is 9.80. The second-order valence-corrected chi connectivity index (χ2v) is 11.3. The molecule has 0 unspecified atom stereocenters. The molecule has 6 aromatic rings. The number of fused-ring (bicyclic) bond motifs is 4. The maximum Gasteiger partial charge on any atom is 0.182 e. The van der Waals surface area contributed by atoms with Gasteiger partial charge in [0.15, 0.2) is 17.5 Å². The summed E-state index contributed by atoms with van der Waals surface area (Å²) in [5, 5.41) is 9.80. The van der Waals surface area contributed by atoms with Crippen molar-refractivity contribution in [3.63, 3.8) is 0 Å². The largest absolute Gasteiger partial charge is 0.455 e. The number of pyridine rings is 1. The first-order valence-electron chi connectivity index (χ1n) is 14.9. The number of benzene rings is 4. The van der Waals surface area contributed by atoms with Crippen LogP contribution >= 0.6 is 0 Å². The van der Waals surface area contributed by atoms with Crippen LogP contribution in [0, 0.1) is 11.3 Å². The van der Waals surface area contributed by atoms with E-state index in [0.717, 1.165) is 59.4 Å². The normalized spacial score (nSPS) is 14.3. The predicted octanol–water partition coefficient (Wildman–Crippen LogP) is 8.77. The molecule has 0 radical (unpaired) electrons. The van der Waals surface area contributed by atoms with Gasteiger partial charge in [0.25, 0.3) is 0 Å². The standard InChI is InChI=1S/C38H27N5O/c39-24-28-15-9-16-29-34(28)44-33-20-19-27(23-30(33)38(29)21-7-8-22-38)31-17-10-18-32(40-31)37-42-35(25-11-3-1-4-12-25)41-36(43-37)26-13-5-2-6-14-26/h1-6,9-20,23H,7-8,21-22H2. The molecule has 3 heterocycles. The lowest BCUT2D eigenvalue weighted by molar-refractivity contribution is 0.393. The van der Waals surface area contributed by atoms with Gasteiger partial charge >= 0.3 is 0 Å². The first kappa shape index (κ1) is 26.0. The van der Waals surface area contributed by atoms with Gasteiger partial charge in [-0.15, -0.1) is 0 Å². The van der Waals surface area contributed by atoms with Gasteiger partial charge in [0, 0.05) is 33.2 Å². The van der Waals surface area contributed by atoms with Gasteiger partial charge < -0.3 is 4.74 Å². The van der Waals surface area contributed by atoms with Crippen LogP contribution in [0.1, 0.15) is 42.4 Å². The van der Waals surface area contributed by atoms with Gasteiger partial charge in [-0.3, -0.25) is 0 Å². The van der Waals surface area contributed by atoms with Crippen molar-refractivity contribution in [1.82, 2.24) is 19.9 Å². The lowest BCUT2D eigenvalue weighted by atomic mass is 9.70. The van der Waals surface area contributed by atoms with E-state index in [1.807, 2.05) is 103 Å². The van der Waals surface area contributed by atoms with E-state index < -0.39 is 0 Å². The van der Waals surface area contributed by atoms with E-state index in [4.69, 9.17) is 24.7 Å². The Morgan fingerprint density at radius 3 is 1.89 bits per heavy atom. The highest BCUT2D eigenvalue weighted by Gasteiger charge is 2.45. The van der Waals surface area contributed by atoms with Crippen LogP contribution in [0.2, 0.25) is 0 Å². The van der Waals surface area contributed by atoms with Gasteiger partial charge in [-0.25, -0.2) is 19.9 Å². The predicted molar refractivity (Wildman–Crippen MR) is 170 cm³/mol. The maximum absolute atomic E-state index is 9.80. The fourth-order valence-electron chi connectivity index (χ4n) is 6.68. The highest BCUT2D eigenvalue weighted by molar-refractivity contribution is 5.71. The fraction of sp³-hybridized carbons (Fsp3) is 0.132. The van der Waals surface area contributed by atoms with Gasteiger partial charge in [-0.05, 0) is 49.2 Å². The molecule has 2 aromatic heterocycles. The number of para-hydroxylation sites is 1. The average Bonchev–Trinajstić information content (AvgIpc) is 3.59. The summed E-state index contributed by atoms with van der Waals surface area (Å²) in [6.45, 7) is 0. The molecule has 1 aliphatic carbocycles. The topological polar surface area (TPSA) is 84.6 Å². The van der Waals surface area contributed by atoms with Crippen molar-refractivity contribution < 1.29 is 4.74 Å². The van der Waals surface area contributed by atoms with Crippen LogP contribution in [-0.2, 0) is 5.41 Å². The van der Waals surface area contributed by atoms with E-state index >= 15 is 0 Å². The Balaban J connectivity index is 1.23. The molecule has 6 nitrogen and oxygen atoms in total. The summed E-state index contributed by atoms with van der Waals surface area (Å²) in [7, 11) is 0. The molecule has 0 saturated heterocycles. The molecule has 2 aliphatic rings. The monoisotopic (exact) mass is 569 g/mol. The zero-order chi connectivity index (χ0) is 29.5. The van der Waals surface area contributed by atoms with E-state index in [1.54, 1.807) is 0 Å². The average molecular weight is 570 g/mol. The Labute approximate surface area is 255 Å². The highest BCUT2D eigenvalue weighted by Crippen LogP contribution is 2.57. The summed E-state index contributed by atoms with van der Waals surface area (Å²) in [5.74, 6) is 3.25. The van der Waals surface area contributed by atoms with Crippen molar-refractivity contribution in [1.29, 1.82) is 5.26 Å². The molecule has 44 heavy (non-hydrogen) atoms. The number of rotatable bonds is 4. The van der Waals surface area contributed by atoms with Crippen molar-refractivity contribution >= 4 is 0 Å². The summed E-state index contributed by atoms with van der Waals surface area (Å²) in [6.07, 6.45) is 4.33. The smallest absolute Gasteiger partial charge is 0.182 e. The van der Waals surface area contributed by atoms with Crippen molar-refractivity contribution in [2.45, 2.75) is 31.1 Å². The molecule has 0 bridgehead atoms. The summed E-state index contributed by atoms with van der Waals surface area (Å²) >= 11 is 0. The molecule has 1 saturated carbocycles. The van der Waals surface area contributed by atoms with Gasteiger partial charge in [0.1, 0.15) is 23.3 Å². The molecule has 0 atom stereocenters. The Bertz CT molecular complexity index is 2000. The van der Waals surface area contributed by atoms with Crippen LogP contribution in [0.4, 0.5) is 0 Å². The van der Waals surface area contributed by atoms with Crippen LogP contribution < -0.4 is 4.74 Å².